The van der Waals surface area contributed by atoms with Gasteiger partial charge in [0, 0.05) is 25.3 Å². The second-order valence-electron chi connectivity index (χ2n) is 7.51. The molecule has 0 spiro atoms. The number of benzene rings is 2. The smallest absolute Gasteiger partial charge is 0.381 e. The third kappa shape index (κ3) is 6.86. The van der Waals surface area contributed by atoms with Crippen molar-refractivity contribution < 1.29 is 21.6 Å². The highest BCUT2D eigenvalue weighted by molar-refractivity contribution is 7.89. The van der Waals surface area contributed by atoms with Crippen molar-refractivity contribution in [3.8, 4) is 6.07 Å². The Hall–Kier alpha value is -2.28. The SMILES string of the molecule is CC(C)S(=O)(=O)N1CCCC1.N#Cc1ccc(NCc2ccccc2C(F)(F)F)cc1Cl. The van der Waals surface area contributed by atoms with E-state index in [1.54, 1.807) is 30.3 Å². The van der Waals surface area contributed by atoms with Crippen LogP contribution < -0.4 is 5.32 Å². The van der Waals surface area contributed by atoms with E-state index in [0.29, 0.717) is 11.3 Å². The molecule has 1 N–H and O–H groups in total. The molecule has 0 aliphatic carbocycles. The highest BCUT2D eigenvalue weighted by Gasteiger charge is 2.32. The summed E-state index contributed by atoms with van der Waals surface area (Å²) in [5.74, 6) is 0. The number of hydrogen-bond donors (Lipinski definition) is 1. The second-order valence-corrected chi connectivity index (χ2v) is 10.4. The fraction of sp³-hybridized carbons (Fsp3) is 0.409. The molecule has 1 saturated heterocycles. The van der Waals surface area contributed by atoms with Crippen molar-refractivity contribution >= 4 is 27.3 Å². The highest BCUT2D eigenvalue weighted by Crippen LogP contribution is 2.32. The Labute approximate surface area is 191 Å². The molecule has 1 aliphatic heterocycles. The summed E-state index contributed by atoms with van der Waals surface area (Å²) in [6.45, 7) is 4.92. The van der Waals surface area contributed by atoms with Crippen LogP contribution in [-0.4, -0.2) is 31.1 Å². The minimum Gasteiger partial charge on any atom is -0.381 e. The molecule has 2 aromatic rings. The molecule has 2 aromatic carbocycles. The van der Waals surface area contributed by atoms with Crippen LogP contribution in [0.3, 0.4) is 0 Å². The van der Waals surface area contributed by atoms with Crippen molar-refractivity contribution in [2.45, 2.75) is 44.7 Å². The van der Waals surface area contributed by atoms with Gasteiger partial charge in [0.1, 0.15) is 6.07 Å². The molecule has 1 fully saturated rings. The number of sulfonamides is 1. The van der Waals surface area contributed by atoms with Crippen molar-refractivity contribution in [3.63, 3.8) is 0 Å². The number of nitrogens with one attached hydrogen (secondary N) is 1. The lowest BCUT2D eigenvalue weighted by atomic mass is 10.1. The molecular weight excluding hydrogens is 463 g/mol. The van der Waals surface area contributed by atoms with E-state index in [0.717, 1.165) is 32.0 Å². The predicted octanol–water partition coefficient (Wildman–Crippen LogP) is 5.66. The van der Waals surface area contributed by atoms with Crippen LogP contribution in [0.15, 0.2) is 42.5 Å². The average Bonchev–Trinajstić information content (AvgIpc) is 3.28. The molecule has 10 heteroatoms. The molecule has 1 heterocycles. The maximum Gasteiger partial charge on any atom is 0.416 e. The Bertz CT molecular complexity index is 1060. The number of rotatable bonds is 5. The van der Waals surface area contributed by atoms with Gasteiger partial charge in [0.15, 0.2) is 0 Å². The first-order valence-corrected chi connectivity index (χ1v) is 11.9. The molecule has 0 amide bonds. The van der Waals surface area contributed by atoms with Gasteiger partial charge in [0.25, 0.3) is 0 Å². The lowest BCUT2D eigenvalue weighted by Gasteiger charge is -2.17. The van der Waals surface area contributed by atoms with Crippen LogP contribution in [0.4, 0.5) is 18.9 Å². The first kappa shape index (κ1) is 26.0. The lowest BCUT2D eigenvalue weighted by molar-refractivity contribution is -0.138. The van der Waals surface area contributed by atoms with Gasteiger partial charge in [-0.3, -0.25) is 0 Å². The Kier molecular flexibility index (Phi) is 8.96. The summed E-state index contributed by atoms with van der Waals surface area (Å²) in [5.41, 5.74) is 0.344. The van der Waals surface area contributed by atoms with Crippen LogP contribution in [0.5, 0.6) is 0 Å². The van der Waals surface area contributed by atoms with Crippen molar-refractivity contribution in [1.82, 2.24) is 4.31 Å². The van der Waals surface area contributed by atoms with Crippen LogP contribution in [0, 0.1) is 11.3 Å². The molecule has 174 valence electrons. The van der Waals surface area contributed by atoms with Crippen LogP contribution in [0.25, 0.3) is 0 Å². The molecule has 5 nitrogen and oxygen atoms in total. The molecule has 0 atom stereocenters. The zero-order valence-corrected chi connectivity index (χ0v) is 19.4. The van der Waals surface area contributed by atoms with Crippen LogP contribution in [-0.2, 0) is 22.7 Å². The summed E-state index contributed by atoms with van der Waals surface area (Å²) in [6, 6.07) is 11.9. The number of nitrogens with zero attached hydrogens (tertiary/aromatic N) is 2. The van der Waals surface area contributed by atoms with Gasteiger partial charge in [-0.25, -0.2) is 12.7 Å². The van der Waals surface area contributed by atoms with E-state index in [4.69, 9.17) is 16.9 Å². The summed E-state index contributed by atoms with van der Waals surface area (Å²) in [7, 11) is -2.94. The normalized spacial score (nSPS) is 14.6. The number of nitriles is 1. The molecule has 0 radical (unpaired) electrons. The van der Waals surface area contributed by atoms with Gasteiger partial charge >= 0.3 is 6.18 Å². The van der Waals surface area contributed by atoms with E-state index in [2.05, 4.69) is 5.32 Å². The minimum absolute atomic E-state index is 0.0118. The average molecular weight is 488 g/mol. The van der Waals surface area contributed by atoms with E-state index in [1.807, 2.05) is 6.07 Å². The van der Waals surface area contributed by atoms with E-state index >= 15 is 0 Å². The molecular formula is C22H25ClF3N3O2S. The summed E-state index contributed by atoms with van der Waals surface area (Å²) in [4.78, 5) is 0. The van der Waals surface area contributed by atoms with Crippen LogP contribution >= 0.6 is 11.6 Å². The van der Waals surface area contributed by atoms with E-state index in [9.17, 15) is 21.6 Å². The van der Waals surface area contributed by atoms with Crippen molar-refractivity contribution in [1.29, 1.82) is 5.26 Å². The monoisotopic (exact) mass is 487 g/mol. The maximum atomic E-state index is 12.9. The fourth-order valence-corrected chi connectivity index (χ4v) is 4.69. The molecule has 3 rings (SSSR count). The third-order valence-corrected chi connectivity index (χ3v) is 7.50. The second kappa shape index (κ2) is 11.0. The third-order valence-electron chi connectivity index (χ3n) is 4.92. The lowest BCUT2D eigenvalue weighted by Crippen LogP contribution is -2.33. The fourth-order valence-electron chi connectivity index (χ4n) is 3.10. The number of hydrogen-bond acceptors (Lipinski definition) is 4. The van der Waals surface area contributed by atoms with Crippen LogP contribution in [0.1, 0.15) is 43.4 Å². The first-order valence-electron chi connectivity index (χ1n) is 10.0. The van der Waals surface area contributed by atoms with Crippen molar-refractivity contribution in [3.05, 3.63) is 64.2 Å². The Balaban J connectivity index is 0.000000278. The molecule has 32 heavy (non-hydrogen) atoms. The van der Waals surface area contributed by atoms with Crippen molar-refractivity contribution in [2.75, 3.05) is 18.4 Å². The number of alkyl halides is 3. The molecule has 0 aromatic heterocycles. The summed E-state index contributed by atoms with van der Waals surface area (Å²) in [6.07, 6.45) is -2.35. The number of halogens is 4. The zero-order chi connectivity index (χ0) is 23.9. The standard InChI is InChI=1S/C15H10ClF3N2.C7H15NO2S/c16-14-7-12(6-5-10(14)8-20)21-9-11-3-1-2-4-13(11)15(17,18)19;1-7(2)11(9,10)8-5-3-4-6-8/h1-7,21H,9H2;7H,3-6H2,1-2H3. The summed E-state index contributed by atoms with van der Waals surface area (Å²) >= 11 is 5.87. The summed E-state index contributed by atoms with van der Waals surface area (Å²) in [5, 5.41) is 11.6. The molecule has 0 bridgehead atoms. The van der Waals surface area contributed by atoms with Crippen LogP contribution in [0.2, 0.25) is 5.02 Å². The van der Waals surface area contributed by atoms with Gasteiger partial charge in [-0.2, -0.15) is 18.4 Å². The van der Waals surface area contributed by atoms with Gasteiger partial charge in [-0.15, -0.1) is 0 Å². The van der Waals surface area contributed by atoms with Gasteiger partial charge in [0.05, 0.1) is 21.4 Å². The quantitative estimate of drug-likeness (QED) is 0.590. The van der Waals surface area contributed by atoms with E-state index in [1.165, 1.54) is 24.3 Å². The predicted molar refractivity (Wildman–Crippen MR) is 120 cm³/mol. The minimum atomic E-state index is -4.39. The molecule has 0 saturated carbocycles. The van der Waals surface area contributed by atoms with Gasteiger partial charge < -0.3 is 5.32 Å². The van der Waals surface area contributed by atoms with Gasteiger partial charge in [-0.1, -0.05) is 29.8 Å². The molecule has 1 aliphatic rings. The largest absolute Gasteiger partial charge is 0.416 e. The Morgan fingerprint density at radius 3 is 2.31 bits per heavy atom. The van der Waals surface area contributed by atoms with E-state index < -0.39 is 21.8 Å². The summed E-state index contributed by atoms with van der Waals surface area (Å²) < 4.78 is 63.1. The number of anilines is 1. The molecule has 0 unspecified atom stereocenters. The zero-order valence-electron chi connectivity index (χ0n) is 17.8. The first-order chi connectivity index (χ1) is 15.0. The van der Waals surface area contributed by atoms with Gasteiger partial charge in [0.2, 0.25) is 10.0 Å². The van der Waals surface area contributed by atoms with Gasteiger partial charge in [-0.05, 0) is 56.5 Å². The Morgan fingerprint density at radius 1 is 1.16 bits per heavy atom. The topological polar surface area (TPSA) is 73.2 Å². The Morgan fingerprint density at radius 2 is 1.78 bits per heavy atom. The maximum absolute atomic E-state index is 12.9. The highest BCUT2D eigenvalue weighted by atomic mass is 35.5. The van der Waals surface area contributed by atoms with Crippen molar-refractivity contribution in [2.24, 2.45) is 0 Å². The van der Waals surface area contributed by atoms with E-state index in [-0.39, 0.29) is 22.4 Å².